The number of rotatable bonds is 6. The molecular weight excluding hydrogens is 269 g/mol. The summed E-state index contributed by atoms with van der Waals surface area (Å²) in [7, 11) is -9.41. The third-order valence-corrected chi connectivity index (χ3v) is 1.92. The summed E-state index contributed by atoms with van der Waals surface area (Å²) in [4.78, 5) is 26.3. The van der Waals surface area contributed by atoms with Crippen molar-refractivity contribution in [2.24, 2.45) is 0 Å². The standard InChI is InChI=1S/C2H8O9P2.K/c3-11-13(7,8)10-2-1-9-12(4,5)6;/h3H,1-2H2,(H,7,8)(H2,4,5,6);/q;+1/p-1. The quantitative estimate of drug-likeness (QED) is 0.145. The Bertz CT molecular complexity index is 235. The van der Waals surface area contributed by atoms with Crippen LogP contribution in [0.25, 0.3) is 0 Å². The Morgan fingerprint density at radius 3 is 1.93 bits per heavy atom. The molecule has 0 amide bonds. The second kappa shape index (κ2) is 7.99. The Hall–Kier alpha value is 1.82. The summed E-state index contributed by atoms with van der Waals surface area (Å²) >= 11 is 0. The molecule has 0 aliphatic rings. The molecule has 2 atom stereocenters. The molecule has 0 aromatic rings. The van der Waals surface area contributed by atoms with E-state index in [4.69, 9.17) is 15.0 Å². The first-order valence-electron chi connectivity index (χ1n) is 2.76. The van der Waals surface area contributed by atoms with Gasteiger partial charge in [0.1, 0.15) is 0 Å². The van der Waals surface area contributed by atoms with Crippen molar-refractivity contribution in [1.29, 1.82) is 0 Å². The van der Waals surface area contributed by atoms with Crippen molar-refractivity contribution >= 4 is 15.6 Å². The molecule has 2 unspecified atom stereocenters. The topological polar surface area (TPSA) is 146 Å². The van der Waals surface area contributed by atoms with Crippen molar-refractivity contribution in [2.75, 3.05) is 13.2 Å². The van der Waals surface area contributed by atoms with Crippen LogP contribution in [0.3, 0.4) is 0 Å². The van der Waals surface area contributed by atoms with Crippen molar-refractivity contribution in [2.45, 2.75) is 0 Å². The van der Waals surface area contributed by atoms with Crippen LogP contribution < -0.4 is 56.3 Å². The van der Waals surface area contributed by atoms with Crippen molar-refractivity contribution in [3.63, 3.8) is 0 Å². The second-order valence-electron chi connectivity index (χ2n) is 1.69. The number of phosphoric acid groups is 2. The Labute approximate surface area is 122 Å². The summed E-state index contributed by atoms with van der Waals surface area (Å²) in [5.74, 6) is 0. The van der Waals surface area contributed by atoms with E-state index in [0.717, 1.165) is 0 Å². The molecule has 0 aliphatic heterocycles. The summed E-state index contributed by atoms with van der Waals surface area (Å²) in [6, 6.07) is 0. The largest absolute Gasteiger partial charge is 1.00 e. The van der Waals surface area contributed by atoms with Crippen LogP contribution in [0, 0.1) is 0 Å². The van der Waals surface area contributed by atoms with Crippen LogP contribution in [-0.2, 0) is 22.9 Å². The summed E-state index contributed by atoms with van der Waals surface area (Å²) in [5, 5.41) is 7.71. The monoisotopic (exact) mass is 276 g/mol. The molecule has 3 N–H and O–H groups in total. The van der Waals surface area contributed by atoms with Crippen molar-refractivity contribution in [1.82, 2.24) is 0 Å². The van der Waals surface area contributed by atoms with Crippen LogP contribution in [0.1, 0.15) is 0 Å². The second-order valence-corrected chi connectivity index (χ2v) is 4.24. The molecule has 0 fully saturated rings. The van der Waals surface area contributed by atoms with E-state index in [9.17, 15) is 14.0 Å². The maximum atomic E-state index is 10.3. The Morgan fingerprint density at radius 1 is 1.14 bits per heavy atom. The van der Waals surface area contributed by atoms with Gasteiger partial charge in [0.25, 0.3) is 7.82 Å². The van der Waals surface area contributed by atoms with Gasteiger partial charge >= 0.3 is 59.2 Å². The molecule has 12 heteroatoms. The third kappa shape index (κ3) is 11.9. The van der Waals surface area contributed by atoms with E-state index in [0.29, 0.717) is 0 Å². The molecule has 0 radical (unpaired) electrons. The molecule has 0 bridgehead atoms. The molecule has 80 valence electrons. The summed E-state index contributed by atoms with van der Waals surface area (Å²) in [6.07, 6.45) is 0. The summed E-state index contributed by atoms with van der Waals surface area (Å²) in [5.41, 5.74) is 0. The van der Waals surface area contributed by atoms with Gasteiger partial charge in [0.2, 0.25) is 0 Å². The van der Waals surface area contributed by atoms with Crippen molar-refractivity contribution < 1.29 is 94.2 Å². The SMILES string of the molecule is O=P([O-])(O)OCCOP(=O)(O)OO.[K+]. The Balaban J connectivity index is 0. The summed E-state index contributed by atoms with van der Waals surface area (Å²) in [6.45, 7) is -1.33. The van der Waals surface area contributed by atoms with Gasteiger partial charge in [-0.1, -0.05) is 0 Å². The molecule has 0 saturated heterocycles. The predicted octanol–water partition coefficient (Wildman–Crippen LogP) is -3.93. The van der Waals surface area contributed by atoms with E-state index in [1.807, 2.05) is 0 Å². The summed E-state index contributed by atoms with van der Waals surface area (Å²) < 4.78 is 30.9. The van der Waals surface area contributed by atoms with Crippen LogP contribution in [-0.4, -0.2) is 28.3 Å². The average Bonchev–Trinajstić information content (AvgIpc) is 1.97. The molecule has 0 aromatic carbocycles. The van der Waals surface area contributed by atoms with Crippen LogP contribution in [0.5, 0.6) is 0 Å². The first-order chi connectivity index (χ1) is 5.77. The van der Waals surface area contributed by atoms with E-state index in [2.05, 4.69) is 13.7 Å². The Morgan fingerprint density at radius 2 is 1.57 bits per heavy atom. The van der Waals surface area contributed by atoms with Crippen LogP contribution in [0.2, 0.25) is 0 Å². The average molecular weight is 276 g/mol. The zero-order valence-electron chi connectivity index (χ0n) is 7.10. The number of hydrogen-bond donors (Lipinski definition) is 3. The maximum Gasteiger partial charge on any atom is 1.00 e. The minimum absolute atomic E-state index is 0. The number of phosphoric ester groups is 2. The normalized spacial score (nSPS) is 19.1. The van der Waals surface area contributed by atoms with Gasteiger partial charge in [-0.3, -0.25) is 9.09 Å². The zero-order valence-corrected chi connectivity index (χ0v) is 12.0. The molecule has 0 saturated carbocycles. The molecule has 0 aliphatic carbocycles. The van der Waals surface area contributed by atoms with Crippen LogP contribution in [0.4, 0.5) is 0 Å². The molecule has 0 heterocycles. The first-order valence-corrected chi connectivity index (χ1v) is 5.75. The Kier molecular flexibility index (Phi) is 10.4. The fourth-order valence-electron chi connectivity index (χ4n) is 0.329. The minimum Gasteiger partial charge on any atom is -0.756 e. The van der Waals surface area contributed by atoms with E-state index in [1.54, 1.807) is 0 Å². The van der Waals surface area contributed by atoms with Gasteiger partial charge in [-0.15, -0.1) is 4.67 Å². The molecule has 0 aromatic heterocycles. The molecular formula is C2H7KO9P2. The molecule has 0 rings (SSSR count). The van der Waals surface area contributed by atoms with Crippen LogP contribution >= 0.6 is 15.6 Å². The van der Waals surface area contributed by atoms with Crippen molar-refractivity contribution in [3.8, 4) is 0 Å². The van der Waals surface area contributed by atoms with E-state index in [1.165, 1.54) is 0 Å². The first kappa shape index (κ1) is 18.2. The number of hydrogen-bond acceptors (Lipinski definition) is 7. The van der Waals surface area contributed by atoms with Gasteiger partial charge in [0.05, 0.1) is 13.2 Å². The van der Waals surface area contributed by atoms with Gasteiger partial charge < -0.3 is 19.2 Å². The van der Waals surface area contributed by atoms with Gasteiger partial charge in [0.15, 0.2) is 0 Å². The third-order valence-electron chi connectivity index (χ3n) is 0.695. The van der Waals surface area contributed by atoms with Gasteiger partial charge in [-0.05, 0) is 0 Å². The fourth-order valence-corrected chi connectivity index (χ4v) is 0.986. The molecule has 0 spiro atoms. The van der Waals surface area contributed by atoms with E-state index in [-0.39, 0.29) is 51.4 Å². The van der Waals surface area contributed by atoms with Gasteiger partial charge in [0, 0.05) is 0 Å². The van der Waals surface area contributed by atoms with Crippen LogP contribution in [0.15, 0.2) is 0 Å². The maximum absolute atomic E-state index is 10.3. The van der Waals surface area contributed by atoms with Gasteiger partial charge in [-0.2, -0.15) is 0 Å². The minimum atomic E-state index is -4.86. The predicted molar refractivity (Wildman–Crippen MR) is 35.3 cm³/mol. The fraction of sp³-hybridized carbons (Fsp3) is 1.00. The zero-order chi connectivity index (χ0) is 10.5. The smallest absolute Gasteiger partial charge is 0.756 e. The molecule has 14 heavy (non-hydrogen) atoms. The van der Waals surface area contributed by atoms with Gasteiger partial charge in [-0.25, -0.2) is 9.82 Å². The van der Waals surface area contributed by atoms with Crippen molar-refractivity contribution in [3.05, 3.63) is 0 Å². The van der Waals surface area contributed by atoms with E-state index < -0.39 is 28.9 Å². The van der Waals surface area contributed by atoms with E-state index >= 15 is 0 Å². The molecule has 9 nitrogen and oxygen atoms in total.